The van der Waals surface area contributed by atoms with Crippen molar-refractivity contribution in [2.75, 3.05) is 26.2 Å². The molecule has 27 heavy (non-hydrogen) atoms. The lowest BCUT2D eigenvalue weighted by Crippen LogP contribution is -2.48. The number of amides is 1. The van der Waals surface area contributed by atoms with Crippen LogP contribution in [0, 0.1) is 0 Å². The zero-order chi connectivity index (χ0) is 18.8. The molecule has 0 radical (unpaired) electrons. The number of hydrogen-bond acceptors (Lipinski definition) is 3. The molecule has 1 aliphatic rings. The lowest BCUT2D eigenvalue weighted by molar-refractivity contribution is 0.0629. The monoisotopic (exact) mass is 399 g/mol. The molecular weight excluding hydrogens is 381 g/mol. The minimum Gasteiger partial charge on any atom is -0.336 e. The normalized spacial score (nSPS) is 15.3. The molecule has 4 rings (SSSR count). The number of halogens is 2. The maximum absolute atomic E-state index is 12.6. The molecule has 1 amide bonds. The molecule has 0 atom stereocenters. The summed E-state index contributed by atoms with van der Waals surface area (Å²) in [7, 11) is 0. The van der Waals surface area contributed by atoms with Crippen molar-refractivity contribution in [3.05, 3.63) is 75.9 Å². The predicted molar refractivity (Wildman–Crippen MR) is 109 cm³/mol. The summed E-state index contributed by atoms with van der Waals surface area (Å²) in [6, 6.07) is 15.0. The van der Waals surface area contributed by atoms with Gasteiger partial charge in [0.25, 0.3) is 5.91 Å². The fourth-order valence-electron chi connectivity index (χ4n) is 3.44. The number of hydrogen-bond donors (Lipinski definition) is 0. The summed E-state index contributed by atoms with van der Waals surface area (Å²) in [5, 5.41) is 2.46. The molecule has 2 heterocycles. The molecule has 2 aromatic carbocycles. The number of fused-ring (bicyclic) bond motifs is 1. The molecule has 138 valence electrons. The van der Waals surface area contributed by atoms with E-state index in [1.165, 1.54) is 0 Å². The van der Waals surface area contributed by atoms with Crippen molar-refractivity contribution in [2.45, 2.75) is 6.54 Å². The smallest absolute Gasteiger partial charge is 0.253 e. The van der Waals surface area contributed by atoms with Gasteiger partial charge in [-0.3, -0.25) is 14.7 Å². The highest BCUT2D eigenvalue weighted by atomic mass is 35.5. The third-order valence-electron chi connectivity index (χ3n) is 4.95. The van der Waals surface area contributed by atoms with Crippen LogP contribution in [0.2, 0.25) is 10.0 Å². The fourth-order valence-corrected chi connectivity index (χ4v) is 3.78. The second-order valence-electron chi connectivity index (χ2n) is 6.68. The van der Waals surface area contributed by atoms with Crippen molar-refractivity contribution >= 4 is 40.0 Å². The number of rotatable bonds is 3. The SMILES string of the molecule is O=C(c1ccc(Cl)cc1)N1CCN(Cc2c(Cl)ccc3cccnc23)CC1. The van der Waals surface area contributed by atoms with Crippen LogP contribution in [0.5, 0.6) is 0 Å². The Hall–Kier alpha value is -2.14. The van der Waals surface area contributed by atoms with Crippen LogP contribution in [0.4, 0.5) is 0 Å². The van der Waals surface area contributed by atoms with Crippen molar-refractivity contribution in [1.29, 1.82) is 0 Å². The molecule has 1 aliphatic heterocycles. The number of nitrogens with zero attached hydrogens (tertiary/aromatic N) is 3. The molecule has 0 bridgehead atoms. The Morgan fingerprint density at radius 2 is 1.70 bits per heavy atom. The van der Waals surface area contributed by atoms with Crippen LogP contribution in [0.3, 0.4) is 0 Å². The van der Waals surface area contributed by atoms with Gasteiger partial charge in [-0.2, -0.15) is 0 Å². The number of aromatic nitrogens is 1. The number of benzene rings is 2. The van der Waals surface area contributed by atoms with E-state index in [0.29, 0.717) is 23.7 Å². The molecule has 0 spiro atoms. The van der Waals surface area contributed by atoms with Crippen molar-refractivity contribution in [2.24, 2.45) is 0 Å². The molecular formula is C21H19Cl2N3O. The number of pyridine rings is 1. The zero-order valence-electron chi connectivity index (χ0n) is 14.7. The summed E-state index contributed by atoms with van der Waals surface area (Å²) >= 11 is 12.4. The Kier molecular flexibility index (Phi) is 5.30. The van der Waals surface area contributed by atoms with Crippen LogP contribution < -0.4 is 0 Å². The van der Waals surface area contributed by atoms with Crippen LogP contribution in [0.15, 0.2) is 54.7 Å². The Labute approximate surface area is 168 Å². The molecule has 0 aliphatic carbocycles. The highest BCUT2D eigenvalue weighted by Crippen LogP contribution is 2.26. The summed E-state index contributed by atoms with van der Waals surface area (Å²) in [6.07, 6.45) is 1.80. The van der Waals surface area contributed by atoms with Gasteiger partial charge in [-0.1, -0.05) is 35.3 Å². The van der Waals surface area contributed by atoms with Crippen LogP contribution in [0.25, 0.3) is 10.9 Å². The molecule has 4 nitrogen and oxygen atoms in total. The second kappa shape index (κ2) is 7.85. The Balaban J connectivity index is 1.44. The van der Waals surface area contributed by atoms with Crippen LogP contribution in [-0.2, 0) is 6.54 Å². The van der Waals surface area contributed by atoms with Crippen molar-refractivity contribution < 1.29 is 4.79 Å². The third kappa shape index (κ3) is 3.93. The minimum absolute atomic E-state index is 0.0520. The highest BCUT2D eigenvalue weighted by molar-refractivity contribution is 6.32. The molecule has 0 N–H and O–H groups in total. The summed E-state index contributed by atoms with van der Waals surface area (Å²) in [4.78, 5) is 21.4. The van der Waals surface area contributed by atoms with Crippen LogP contribution in [0.1, 0.15) is 15.9 Å². The first-order chi connectivity index (χ1) is 13.1. The second-order valence-corrected chi connectivity index (χ2v) is 7.52. The average Bonchev–Trinajstić information content (AvgIpc) is 2.71. The van der Waals surface area contributed by atoms with Gasteiger partial charge in [-0.15, -0.1) is 0 Å². The fraction of sp³-hybridized carbons (Fsp3) is 0.238. The van der Waals surface area contributed by atoms with Gasteiger partial charge in [-0.05, 0) is 36.4 Å². The summed E-state index contributed by atoms with van der Waals surface area (Å²) in [5.74, 6) is 0.0520. The molecule has 0 unspecified atom stereocenters. The van der Waals surface area contributed by atoms with Gasteiger partial charge in [0.2, 0.25) is 0 Å². The minimum atomic E-state index is 0.0520. The van der Waals surface area contributed by atoms with E-state index in [1.807, 2.05) is 29.2 Å². The third-order valence-corrected chi connectivity index (χ3v) is 5.56. The summed E-state index contributed by atoms with van der Waals surface area (Å²) in [5.41, 5.74) is 2.67. The number of carbonyl (C=O) groups excluding carboxylic acids is 1. The first-order valence-corrected chi connectivity index (χ1v) is 9.67. The van der Waals surface area contributed by atoms with E-state index < -0.39 is 0 Å². The maximum Gasteiger partial charge on any atom is 0.253 e. The van der Waals surface area contributed by atoms with Crippen molar-refractivity contribution in [3.8, 4) is 0 Å². The number of piperazine rings is 1. The maximum atomic E-state index is 12.6. The standard InChI is InChI=1S/C21H19Cl2N3O/c22-17-6-3-16(4-7-17)21(27)26-12-10-25(11-13-26)14-18-19(23)8-5-15-2-1-9-24-20(15)18/h1-9H,10-14H2. The first-order valence-electron chi connectivity index (χ1n) is 8.91. The van der Waals surface area contributed by atoms with E-state index >= 15 is 0 Å². The average molecular weight is 400 g/mol. The van der Waals surface area contributed by atoms with Gasteiger partial charge in [0.05, 0.1) is 5.52 Å². The van der Waals surface area contributed by atoms with Gasteiger partial charge < -0.3 is 4.90 Å². The van der Waals surface area contributed by atoms with E-state index in [1.54, 1.807) is 30.5 Å². The van der Waals surface area contributed by atoms with Gasteiger partial charge >= 0.3 is 0 Å². The van der Waals surface area contributed by atoms with Crippen LogP contribution in [-0.4, -0.2) is 46.9 Å². The first kappa shape index (κ1) is 18.2. The Morgan fingerprint density at radius 3 is 2.44 bits per heavy atom. The molecule has 1 aromatic heterocycles. The predicted octanol–water partition coefficient (Wildman–Crippen LogP) is 4.50. The van der Waals surface area contributed by atoms with Gasteiger partial charge in [-0.25, -0.2) is 0 Å². The van der Waals surface area contributed by atoms with Crippen molar-refractivity contribution in [1.82, 2.24) is 14.8 Å². The Bertz CT molecular complexity index is 967. The summed E-state index contributed by atoms with van der Waals surface area (Å²) < 4.78 is 0. The lowest BCUT2D eigenvalue weighted by Gasteiger charge is -2.35. The molecule has 1 saturated heterocycles. The molecule has 3 aromatic rings. The largest absolute Gasteiger partial charge is 0.336 e. The number of carbonyl (C=O) groups is 1. The van der Waals surface area contributed by atoms with E-state index in [9.17, 15) is 4.79 Å². The van der Waals surface area contributed by atoms with E-state index in [2.05, 4.69) is 9.88 Å². The van der Waals surface area contributed by atoms with Gasteiger partial charge in [0.15, 0.2) is 0 Å². The van der Waals surface area contributed by atoms with E-state index in [4.69, 9.17) is 23.2 Å². The van der Waals surface area contributed by atoms with Crippen molar-refractivity contribution in [3.63, 3.8) is 0 Å². The summed E-state index contributed by atoms with van der Waals surface area (Å²) in [6.45, 7) is 3.72. The molecule has 0 saturated carbocycles. The quantitative estimate of drug-likeness (QED) is 0.650. The lowest BCUT2D eigenvalue weighted by atomic mass is 10.1. The van der Waals surface area contributed by atoms with E-state index in [0.717, 1.165) is 41.1 Å². The molecule has 6 heteroatoms. The van der Waals surface area contributed by atoms with Gasteiger partial charge in [0.1, 0.15) is 0 Å². The molecule has 1 fully saturated rings. The zero-order valence-corrected chi connectivity index (χ0v) is 16.2. The van der Waals surface area contributed by atoms with Crippen LogP contribution >= 0.6 is 23.2 Å². The Morgan fingerprint density at radius 1 is 0.963 bits per heavy atom. The topological polar surface area (TPSA) is 36.4 Å². The van der Waals surface area contributed by atoms with Gasteiger partial charge in [0, 0.05) is 65.5 Å². The highest BCUT2D eigenvalue weighted by Gasteiger charge is 2.23. The van der Waals surface area contributed by atoms with E-state index in [-0.39, 0.29) is 5.91 Å².